The standard InChI is InChI=1S/C39H45ClN6O3/c1-28-24-43(27-42-28)19-20-45(25-29-9-4-2-5-10-29)38(47)35-26-44(21-22-46(35)39(48)49-33-12-6-3-7-13-33)37-34-17-16-32(40)23-31(34)15-14-30-11-8-18-41-36(30)37/h2,4-5,8-11,16-18,23-24,27,33,35,37H,3,6-7,12-15,19-22,25-26H2,1H3/t35-,37+/m1/s1. The van der Waals surface area contributed by atoms with Crippen LogP contribution >= 0.6 is 11.6 Å². The Kier molecular flexibility index (Phi) is 10.3. The van der Waals surface area contributed by atoms with Crippen molar-refractivity contribution in [2.45, 2.75) is 83.1 Å². The van der Waals surface area contributed by atoms with Crippen molar-refractivity contribution >= 4 is 23.6 Å². The number of nitrogens with zero attached hydrogens (tertiary/aromatic N) is 6. The van der Waals surface area contributed by atoms with E-state index in [2.05, 4.69) is 28.1 Å². The Bertz CT molecular complexity index is 1760. The van der Waals surface area contributed by atoms with Crippen LogP contribution < -0.4 is 0 Å². The molecule has 2 aromatic carbocycles. The van der Waals surface area contributed by atoms with Crippen LogP contribution in [0.1, 0.15) is 71.8 Å². The molecule has 4 aromatic rings. The van der Waals surface area contributed by atoms with Gasteiger partial charge in [-0.25, -0.2) is 9.78 Å². The Morgan fingerprint density at radius 3 is 2.57 bits per heavy atom. The number of pyridine rings is 1. The zero-order valence-corrected chi connectivity index (χ0v) is 29.0. The first-order chi connectivity index (χ1) is 23.9. The first kappa shape index (κ1) is 33.3. The molecule has 256 valence electrons. The quantitative estimate of drug-likeness (QED) is 0.208. The lowest BCUT2D eigenvalue weighted by atomic mass is 9.95. The summed E-state index contributed by atoms with van der Waals surface area (Å²) >= 11 is 6.51. The van der Waals surface area contributed by atoms with E-state index in [0.29, 0.717) is 44.3 Å². The lowest BCUT2D eigenvalue weighted by molar-refractivity contribution is -0.140. The minimum atomic E-state index is -0.732. The number of imidazole rings is 1. The highest BCUT2D eigenvalue weighted by molar-refractivity contribution is 6.30. The Morgan fingerprint density at radius 2 is 1.78 bits per heavy atom. The molecule has 2 aromatic heterocycles. The average molecular weight is 681 g/mol. The number of aryl methyl sites for hydroxylation is 3. The number of ether oxygens (including phenoxy) is 1. The molecule has 0 N–H and O–H groups in total. The summed E-state index contributed by atoms with van der Waals surface area (Å²) < 4.78 is 8.14. The van der Waals surface area contributed by atoms with Gasteiger partial charge in [-0.15, -0.1) is 0 Å². The van der Waals surface area contributed by atoms with Crippen molar-refractivity contribution in [1.29, 1.82) is 0 Å². The summed E-state index contributed by atoms with van der Waals surface area (Å²) in [6.45, 7) is 4.78. The molecule has 3 heterocycles. The summed E-state index contributed by atoms with van der Waals surface area (Å²) in [6.07, 6.45) is 11.9. The maximum atomic E-state index is 15.0. The number of amides is 2. The molecule has 49 heavy (non-hydrogen) atoms. The van der Waals surface area contributed by atoms with Crippen LogP contribution in [0.3, 0.4) is 0 Å². The van der Waals surface area contributed by atoms with Gasteiger partial charge in [-0.1, -0.05) is 60.5 Å². The van der Waals surface area contributed by atoms with Crippen LogP contribution in [0.2, 0.25) is 5.02 Å². The van der Waals surface area contributed by atoms with Crippen LogP contribution in [-0.2, 0) is 35.5 Å². The summed E-state index contributed by atoms with van der Waals surface area (Å²) in [5.41, 5.74) is 6.52. The fraction of sp³-hybridized carbons (Fsp3) is 0.436. The minimum Gasteiger partial charge on any atom is -0.446 e. The molecule has 7 rings (SSSR count). The summed E-state index contributed by atoms with van der Waals surface area (Å²) in [5, 5.41) is 0.712. The van der Waals surface area contributed by atoms with Gasteiger partial charge in [0.05, 0.1) is 23.8 Å². The van der Waals surface area contributed by atoms with Crippen molar-refractivity contribution in [2.75, 3.05) is 26.2 Å². The van der Waals surface area contributed by atoms with E-state index in [1.807, 2.05) is 71.2 Å². The molecule has 1 saturated carbocycles. The van der Waals surface area contributed by atoms with Gasteiger partial charge in [-0.2, -0.15) is 0 Å². The monoisotopic (exact) mass is 680 g/mol. The number of carbonyl (C=O) groups excluding carboxylic acids is 2. The van der Waals surface area contributed by atoms with Gasteiger partial charge in [0.25, 0.3) is 0 Å². The van der Waals surface area contributed by atoms with Crippen LogP contribution in [0.15, 0.2) is 79.4 Å². The fourth-order valence-electron chi connectivity index (χ4n) is 7.73. The van der Waals surface area contributed by atoms with Crippen LogP contribution in [0.4, 0.5) is 4.79 Å². The topological polar surface area (TPSA) is 83.8 Å². The first-order valence-corrected chi connectivity index (χ1v) is 18.1. The molecule has 10 heteroatoms. The molecule has 9 nitrogen and oxygen atoms in total. The summed E-state index contributed by atoms with van der Waals surface area (Å²) in [4.78, 5) is 44.2. The van der Waals surface area contributed by atoms with Crippen molar-refractivity contribution in [3.8, 4) is 0 Å². The fourth-order valence-corrected chi connectivity index (χ4v) is 7.92. The third-order valence-electron chi connectivity index (χ3n) is 10.3. The second kappa shape index (κ2) is 15.1. The molecule has 0 unspecified atom stereocenters. The SMILES string of the molecule is Cc1cn(CCN(Cc2ccccc2)C(=O)[C@H]2CN([C@H]3c4ccc(Cl)cc4CCc4cccnc43)CCN2C(=O)OC2CCCCC2)cn1. The highest BCUT2D eigenvalue weighted by Crippen LogP contribution is 2.38. The molecule has 1 saturated heterocycles. The van der Waals surface area contributed by atoms with Crippen molar-refractivity contribution in [3.63, 3.8) is 0 Å². The van der Waals surface area contributed by atoms with Crippen molar-refractivity contribution < 1.29 is 14.3 Å². The number of aromatic nitrogens is 3. The second-order valence-electron chi connectivity index (χ2n) is 13.6. The Balaban J connectivity index is 1.23. The predicted molar refractivity (Wildman–Crippen MR) is 189 cm³/mol. The number of benzene rings is 2. The van der Waals surface area contributed by atoms with Gasteiger partial charge in [-0.3, -0.25) is 19.6 Å². The lowest BCUT2D eigenvalue weighted by Gasteiger charge is -2.45. The summed E-state index contributed by atoms with van der Waals surface area (Å²) in [7, 11) is 0. The normalized spacial score (nSPS) is 19.8. The van der Waals surface area contributed by atoms with Crippen LogP contribution in [0, 0.1) is 6.92 Å². The van der Waals surface area contributed by atoms with E-state index >= 15 is 0 Å². The average Bonchev–Trinajstić information content (AvgIpc) is 3.48. The van der Waals surface area contributed by atoms with E-state index in [-0.39, 0.29) is 24.1 Å². The van der Waals surface area contributed by atoms with E-state index in [0.717, 1.165) is 61.0 Å². The zero-order valence-electron chi connectivity index (χ0n) is 28.2. The van der Waals surface area contributed by atoms with E-state index < -0.39 is 6.04 Å². The van der Waals surface area contributed by atoms with E-state index in [1.165, 1.54) is 17.5 Å². The number of piperazine rings is 1. The Morgan fingerprint density at radius 1 is 0.959 bits per heavy atom. The first-order valence-electron chi connectivity index (χ1n) is 17.7. The van der Waals surface area contributed by atoms with Gasteiger partial charge in [0.15, 0.2) is 0 Å². The number of carbonyl (C=O) groups is 2. The van der Waals surface area contributed by atoms with Gasteiger partial charge in [0.2, 0.25) is 5.91 Å². The molecule has 2 fully saturated rings. The number of hydrogen-bond acceptors (Lipinski definition) is 6. The van der Waals surface area contributed by atoms with Crippen molar-refractivity contribution in [3.05, 3.63) is 118 Å². The number of hydrogen-bond donors (Lipinski definition) is 0. The highest BCUT2D eigenvalue weighted by atomic mass is 35.5. The van der Waals surface area contributed by atoms with Gasteiger partial charge in [0, 0.05) is 56.7 Å². The number of halogens is 1. The van der Waals surface area contributed by atoms with Gasteiger partial charge >= 0.3 is 6.09 Å². The van der Waals surface area contributed by atoms with E-state index in [4.69, 9.17) is 21.3 Å². The van der Waals surface area contributed by atoms with Gasteiger partial charge < -0.3 is 14.2 Å². The third-order valence-corrected chi connectivity index (χ3v) is 10.5. The largest absolute Gasteiger partial charge is 0.446 e. The van der Waals surface area contributed by atoms with Crippen LogP contribution in [0.5, 0.6) is 0 Å². The van der Waals surface area contributed by atoms with Crippen LogP contribution in [-0.4, -0.2) is 79.6 Å². The van der Waals surface area contributed by atoms with E-state index in [1.54, 1.807) is 11.2 Å². The Hall–Kier alpha value is -4.21. The maximum Gasteiger partial charge on any atom is 0.410 e. The van der Waals surface area contributed by atoms with Crippen LogP contribution in [0.25, 0.3) is 0 Å². The van der Waals surface area contributed by atoms with Gasteiger partial charge in [0.1, 0.15) is 12.1 Å². The molecule has 2 amide bonds. The molecule has 2 aliphatic carbocycles. The highest BCUT2D eigenvalue weighted by Gasteiger charge is 2.43. The van der Waals surface area contributed by atoms with Crippen molar-refractivity contribution in [2.24, 2.45) is 0 Å². The molecule has 0 radical (unpaired) electrons. The molecule has 0 bridgehead atoms. The number of rotatable bonds is 8. The molecular weight excluding hydrogens is 636 g/mol. The number of fused-ring (bicyclic) bond motifs is 2. The molecule has 3 aliphatic rings. The maximum absolute atomic E-state index is 15.0. The zero-order chi connectivity index (χ0) is 33.7. The third kappa shape index (κ3) is 7.68. The smallest absolute Gasteiger partial charge is 0.410 e. The van der Waals surface area contributed by atoms with Crippen molar-refractivity contribution in [1.82, 2.24) is 29.2 Å². The molecular formula is C39H45ClN6O3. The summed E-state index contributed by atoms with van der Waals surface area (Å²) in [6, 6.07) is 19.4. The Labute approximate surface area is 293 Å². The summed E-state index contributed by atoms with van der Waals surface area (Å²) in [5.74, 6) is -0.0859. The van der Waals surface area contributed by atoms with E-state index in [9.17, 15) is 9.59 Å². The molecule has 2 atom stereocenters. The molecule has 1 aliphatic heterocycles. The van der Waals surface area contributed by atoms with Gasteiger partial charge in [-0.05, 0) is 85.9 Å². The minimum absolute atomic E-state index is 0.0859. The second-order valence-corrected chi connectivity index (χ2v) is 14.1. The predicted octanol–water partition coefficient (Wildman–Crippen LogP) is 6.61. The molecule has 0 spiro atoms. The lowest BCUT2D eigenvalue weighted by Crippen LogP contribution is -2.62.